The summed E-state index contributed by atoms with van der Waals surface area (Å²) in [6, 6.07) is 9.51. The summed E-state index contributed by atoms with van der Waals surface area (Å²) in [5.74, 6) is -0.361. The Balaban J connectivity index is 1.85. The number of halogens is 1. The van der Waals surface area contributed by atoms with Crippen LogP contribution in [0.15, 0.2) is 41.8 Å². The fourth-order valence-corrected chi connectivity index (χ4v) is 3.48. The largest absolute Gasteiger partial charge is 0.493 e. The summed E-state index contributed by atoms with van der Waals surface area (Å²) in [5, 5.41) is 16.8. The summed E-state index contributed by atoms with van der Waals surface area (Å²) in [6.45, 7) is 0.460. The number of carbonyl (C=O) groups excluding carboxylic acids is 1. The van der Waals surface area contributed by atoms with Gasteiger partial charge >= 0.3 is 0 Å². The third-order valence-electron chi connectivity index (χ3n) is 4.13. The van der Waals surface area contributed by atoms with Crippen LogP contribution in [0.5, 0.6) is 11.5 Å². The van der Waals surface area contributed by atoms with E-state index in [1.807, 2.05) is 0 Å². The summed E-state index contributed by atoms with van der Waals surface area (Å²) >= 11 is 7.09. The lowest BCUT2D eigenvalue weighted by molar-refractivity contribution is -0.385. The van der Waals surface area contributed by atoms with Gasteiger partial charge in [-0.2, -0.15) is 0 Å². The predicted molar refractivity (Wildman–Crippen MR) is 118 cm³/mol. The van der Waals surface area contributed by atoms with Crippen LogP contribution in [0.1, 0.15) is 10.4 Å². The third-order valence-corrected chi connectivity index (χ3v) is 5.14. The van der Waals surface area contributed by atoms with E-state index in [1.165, 1.54) is 31.6 Å². The van der Waals surface area contributed by atoms with Gasteiger partial charge in [0.25, 0.3) is 11.6 Å². The number of nitrogens with zero attached hydrogens (tertiary/aromatic N) is 2. The number of amides is 1. The first-order valence-electron chi connectivity index (χ1n) is 8.94. The van der Waals surface area contributed by atoms with Crippen molar-refractivity contribution in [3.63, 3.8) is 0 Å². The Morgan fingerprint density at radius 2 is 1.94 bits per heavy atom. The molecule has 0 saturated carbocycles. The zero-order valence-electron chi connectivity index (χ0n) is 16.6. The number of hydrogen-bond acceptors (Lipinski definition) is 8. The summed E-state index contributed by atoms with van der Waals surface area (Å²) in [7, 11) is 2.89. The molecule has 162 valence electrons. The molecule has 3 rings (SSSR count). The van der Waals surface area contributed by atoms with Gasteiger partial charge in [-0.1, -0.05) is 23.7 Å². The highest BCUT2D eigenvalue weighted by atomic mass is 35.5. The Hall–Kier alpha value is -3.21. The normalized spacial score (nSPS) is 10.5. The second-order valence-electron chi connectivity index (χ2n) is 6.12. The first-order valence-corrected chi connectivity index (χ1v) is 10.2. The molecule has 0 aliphatic rings. The Morgan fingerprint density at radius 1 is 1.19 bits per heavy atom. The van der Waals surface area contributed by atoms with Crippen molar-refractivity contribution in [2.24, 2.45) is 0 Å². The van der Waals surface area contributed by atoms with E-state index in [4.69, 9.17) is 25.8 Å². The Morgan fingerprint density at radius 3 is 2.58 bits per heavy atom. The number of nitro groups is 1. The number of nitrogens with one attached hydrogen (secondary N) is 1. The number of nitro benzene ring substituents is 1. The second kappa shape index (κ2) is 10.2. The molecule has 0 atom stereocenters. The fourth-order valence-electron chi connectivity index (χ4n) is 2.64. The molecule has 31 heavy (non-hydrogen) atoms. The molecule has 0 aliphatic carbocycles. The molecule has 1 heterocycles. The summed E-state index contributed by atoms with van der Waals surface area (Å²) in [5.41, 5.74) is 0.877. The summed E-state index contributed by atoms with van der Waals surface area (Å²) in [4.78, 5) is 28.1. The number of rotatable bonds is 9. The van der Waals surface area contributed by atoms with Gasteiger partial charge in [0.1, 0.15) is 12.2 Å². The van der Waals surface area contributed by atoms with Crippen molar-refractivity contribution < 1.29 is 23.9 Å². The van der Waals surface area contributed by atoms with Gasteiger partial charge in [0.2, 0.25) is 0 Å². The van der Waals surface area contributed by atoms with Crippen LogP contribution in [0.4, 0.5) is 10.8 Å². The fraction of sp³-hybridized carbons (Fsp3) is 0.200. The van der Waals surface area contributed by atoms with Gasteiger partial charge in [-0.25, -0.2) is 4.98 Å². The predicted octanol–water partition coefficient (Wildman–Crippen LogP) is 4.66. The maximum absolute atomic E-state index is 12.8. The molecule has 1 N–H and O–H groups in total. The molecule has 1 aromatic heterocycles. The van der Waals surface area contributed by atoms with Crippen molar-refractivity contribution in [2.75, 3.05) is 32.8 Å². The van der Waals surface area contributed by atoms with E-state index in [9.17, 15) is 14.9 Å². The van der Waals surface area contributed by atoms with Crippen LogP contribution in [0.3, 0.4) is 0 Å². The van der Waals surface area contributed by atoms with Crippen molar-refractivity contribution in [3.05, 3.63) is 62.5 Å². The molecular weight excluding hydrogens is 446 g/mol. The second-order valence-corrected chi connectivity index (χ2v) is 7.41. The number of methoxy groups -OCH3 is 2. The van der Waals surface area contributed by atoms with Crippen LogP contribution in [0.2, 0.25) is 5.02 Å². The maximum atomic E-state index is 12.8. The van der Waals surface area contributed by atoms with Gasteiger partial charge in [-0.05, 0) is 12.1 Å². The molecule has 2 aromatic carbocycles. The quantitative estimate of drug-likeness (QED) is 0.279. The van der Waals surface area contributed by atoms with Crippen molar-refractivity contribution in [2.45, 2.75) is 0 Å². The molecule has 0 fully saturated rings. The standard InChI is InChI=1S/C20H18ClN3O6S/c1-28-7-8-30-18-10-16(24(26)27)14(9-17(18)29-2)19(25)23-20-22-15(11-31-20)12-3-5-13(21)6-4-12/h3-6,9-11H,7-8H2,1-2H3,(H,22,23,25). The van der Waals surface area contributed by atoms with Crippen molar-refractivity contribution in [1.29, 1.82) is 0 Å². The number of benzene rings is 2. The van der Waals surface area contributed by atoms with Crippen LogP contribution in [0.25, 0.3) is 11.3 Å². The number of thiazole rings is 1. The molecular formula is C20H18ClN3O6S. The number of hydrogen-bond donors (Lipinski definition) is 1. The lowest BCUT2D eigenvalue weighted by Crippen LogP contribution is -2.15. The van der Waals surface area contributed by atoms with Crippen molar-refractivity contribution in [3.8, 4) is 22.8 Å². The highest BCUT2D eigenvalue weighted by Gasteiger charge is 2.25. The van der Waals surface area contributed by atoms with Crippen molar-refractivity contribution >= 4 is 39.7 Å². The highest BCUT2D eigenvalue weighted by Crippen LogP contribution is 2.35. The van der Waals surface area contributed by atoms with E-state index in [0.29, 0.717) is 22.5 Å². The molecule has 0 spiro atoms. The Bertz CT molecular complexity index is 1090. The van der Waals surface area contributed by atoms with Crippen LogP contribution >= 0.6 is 22.9 Å². The highest BCUT2D eigenvalue weighted by molar-refractivity contribution is 7.14. The molecule has 3 aromatic rings. The van der Waals surface area contributed by atoms with E-state index >= 15 is 0 Å². The number of anilines is 1. The van der Waals surface area contributed by atoms with Crippen molar-refractivity contribution in [1.82, 2.24) is 4.98 Å². The van der Waals surface area contributed by atoms with E-state index < -0.39 is 16.5 Å². The third kappa shape index (κ3) is 5.48. The molecule has 0 saturated heterocycles. The van der Waals surface area contributed by atoms with E-state index in [0.717, 1.165) is 11.6 Å². The smallest absolute Gasteiger partial charge is 0.286 e. The average Bonchev–Trinajstić information content (AvgIpc) is 3.22. The van der Waals surface area contributed by atoms with Gasteiger partial charge in [0.15, 0.2) is 16.6 Å². The number of aromatic nitrogens is 1. The van der Waals surface area contributed by atoms with E-state index in [1.54, 1.807) is 29.6 Å². The molecule has 0 radical (unpaired) electrons. The first kappa shape index (κ1) is 22.5. The Kier molecular flexibility index (Phi) is 7.40. The van der Waals surface area contributed by atoms with Gasteiger partial charge in [0.05, 0.1) is 30.4 Å². The SMILES string of the molecule is COCCOc1cc([N+](=O)[O-])c(C(=O)Nc2nc(-c3ccc(Cl)cc3)cs2)cc1OC. The zero-order valence-corrected chi connectivity index (χ0v) is 18.2. The van der Waals surface area contributed by atoms with E-state index in [-0.39, 0.29) is 23.7 Å². The zero-order chi connectivity index (χ0) is 22.4. The van der Waals surface area contributed by atoms with Gasteiger partial charge in [-0.15, -0.1) is 11.3 Å². The summed E-state index contributed by atoms with van der Waals surface area (Å²) < 4.78 is 15.6. The van der Waals surface area contributed by atoms with E-state index in [2.05, 4.69) is 10.3 Å². The lowest BCUT2D eigenvalue weighted by Gasteiger charge is -2.12. The molecule has 11 heteroatoms. The minimum absolute atomic E-state index is 0.141. The molecule has 0 bridgehead atoms. The molecule has 9 nitrogen and oxygen atoms in total. The van der Waals surface area contributed by atoms with Crippen LogP contribution in [-0.4, -0.2) is 43.2 Å². The van der Waals surface area contributed by atoms with Crippen LogP contribution in [0, 0.1) is 10.1 Å². The summed E-state index contributed by atoms with van der Waals surface area (Å²) in [6.07, 6.45) is 0. The monoisotopic (exact) mass is 463 g/mol. The average molecular weight is 464 g/mol. The molecule has 0 unspecified atom stereocenters. The Labute approximate surface area is 186 Å². The minimum atomic E-state index is -0.689. The number of ether oxygens (including phenoxy) is 3. The molecule has 1 amide bonds. The van der Waals surface area contributed by atoms with Gasteiger partial charge in [-0.3, -0.25) is 20.2 Å². The lowest BCUT2D eigenvalue weighted by atomic mass is 10.1. The van der Waals surface area contributed by atoms with Crippen LogP contribution < -0.4 is 14.8 Å². The van der Waals surface area contributed by atoms with Gasteiger partial charge in [0, 0.05) is 29.1 Å². The minimum Gasteiger partial charge on any atom is -0.493 e. The van der Waals surface area contributed by atoms with Gasteiger partial charge < -0.3 is 14.2 Å². The molecule has 0 aliphatic heterocycles. The first-order chi connectivity index (χ1) is 14.9. The maximum Gasteiger partial charge on any atom is 0.286 e. The van der Waals surface area contributed by atoms with Crippen LogP contribution in [-0.2, 0) is 4.74 Å². The topological polar surface area (TPSA) is 113 Å². The number of carbonyl (C=O) groups is 1.